The zero-order chi connectivity index (χ0) is 19.5. The van der Waals surface area contributed by atoms with Crippen LogP contribution in [0.15, 0.2) is 36.7 Å². The Morgan fingerprint density at radius 3 is 2.79 bits per heavy atom. The molecule has 0 saturated carbocycles. The Labute approximate surface area is 163 Å². The van der Waals surface area contributed by atoms with Crippen molar-refractivity contribution in [3.8, 4) is 11.1 Å². The summed E-state index contributed by atoms with van der Waals surface area (Å²) in [5, 5.41) is 14.4. The summed E-state index contributed by atoms with van der Waals surface area (Å²) in [7, 11) is 0. The molecular weight excluding hydrogens is 357 g/mol. The fraction of sp³-hybridized carbons (Fsp3) is 0.381. The van der Waals surface area contributed by atoms with Crippen molar-refractivity contribution in [1.82, 2.24) is 25.3 Å². The summed E-state index contributed by atoms with van der Waals surface area (Å²) in [6.07, 6.45) is 7.09. The van der Waals surface area contributed by atoms with Gasteiger partial charge in [-0.3, -0.25) is 15.0 Å². The van der Waals surface area contributed by atoms with Gasteiger partial charge >= 0.3 is 0 Å². The van der Waals surface area contributed by atoms with Crippen molar-refractivity contribution < 1.29 is 9.18 Å². The van der Waals surface area contributed by atoms with E-state index >= 15 is 0 Å². The smallest absolute Gasteiger partial charge is 0.257 e. The Balaban J connectivity index is 1.55. The maximum atomic E-state index is 13.3. The number of aryl methyl sites for hydroxylation is 1. The summed E-state index contributed by atoms with van der Waals surface area (Å²) in [6, 6.07) is 6.43. The van der Waals surface area contributed by atoms with Gasteiger partial charge in [0.25, 0.3) is 5.91 Å². The number of aromatic amines is 2. The first kappa shape index (κ1) is 18.4. The van der Waals surface area contributed by atoms with Crippen molar-refractivity contribution in [2.45, 2.75) is 38.5 Å². The number of aromatic nitrogens is 4. The molecule has 7 heteroatoms. The van der Waals surface area contributed by atoms with Crippen molar-refractivity contribution in [2.75, 3.05) is 13.1 Å². The Bertz CT molecular complexity index is 946. The lowest BCUT2D eigenvalue weighted by molar-refractivity contribution is 0.0705. The number of rotatable bonds is 5. The second kappa shape index (κ2) is 7.96. The summed E-state index contributed by atoms with van der Waals surface area (Å²) >= 11 is 0. The fourth-order valence-electron chi connectivity index (χ4n) is 3.97. The molecule has 1 aromatic carbocycles. The van der Waals surface area contributed by atoms with Gasteiger partial charge in [-0.05, 0) is 37.0 Å². The topological polar surface area (TPSA) is 77.7 Å². The molecule has 1 amide bonds. The second-order valence-electron chi connectivity index (χ2n) is 7.31. The van der Waals surface area contributed by atoms with E-state index in [0.29, 0.717) is 12.1 Å². The zero-order valence-electron chi connectivity index (χ0n) is 15.9. The van der Waals surface area contributed by atoms with Gasteiger partial charge in [-0.25, -0.2) is 4.39 Å². The van der Waals surface area contributed by atoms with Gasteiger partial charge in [0.15, 0.2) is 0 Å². The molecule has 3 aromatic rings. The van der Waals surface area contributed by atoms with E-state index < -0.39 is 0 Å². The van der Waals surface area contributed by atoms with Crippen LogP contribution in [0, 0.1) is 5.82 Å². The van der Waals surface area contributed by atoms with Crippen LogP contribution in [-0.2, 0) is 6.42 Å². The first-order valence-corrected chi connectivity index (χ1v) is 9.78. The summed E-state index contributed by atoms with van der Waals surface area (Å²) in [4.78, 5) is 15.0. The van der Waals surface area contributed by atoms with Crippen LogP contribution in [0.4, 0.5) is 4.39 Å². The highest BCUT2D eigenvalue weighted by Gasteiger charge is 2.29. The Kier molecular flexibility index (Phi) is 5.23. The number of halogens is 1. The molecule has 0 spiro atoms. The summed E-state index contributed by atoms with van der Waals surface area (Å²) in [5.41, 5.74) is 4.47. The van der Waals surface area contributed by atoms with Crippen molar-refractivity contribution in [3.05, 3.63) is 59.4 Å². The Morgan fingerprint density at radius 1 is 1.21 bits per heavy atom. The highest BCUT2D eigenvalue weighted by atomic mass is 19.1. The summed E-state index contributed by atoms with van der Waals surface area (Å²) in [5.74, 6) is -0.0576. The normalized spacial score (nSPS) is 17.1. The third-order valence-electron chi connectivity index (χ3n) is 5.39. The van der Waals surface area contributed by atoms with E-state index in [9.17, 15) is 9.18 Å². The van der Waals surface area contributed by atoms with Gasteiger partial charge in [0.2, 0.25) is 0 Å². The number of piperidine rings is 1. The van der Waals surface area contributed by atoms with E-state index in [2.05, 4.69) is 27.3 Å². The van der Waals surface area contributed by atoms with Crippen LogP contribution in [0.5, 0.6) is 0 Å². The molecule has 1 atom stereocenters. The van der Waals surface area contributed by atoms with E-state index in [1.54, 1.807) is 24.5 Å². The molecule has 1 aliphatic rings. The average Bonchev–Trinajstić information content (AvgIpc) is 3.38. The number of nitrogens with one attached hydrogen (secondary N) is 2. The number of benzene rings is 1. The number of hydrogen-bond donors (Lipinski definition) is 2. The molecule has 0 bridgehead atoms. The number of likely N-dealkylation sites (tertiary alicyclic amines) is 1. The first-order chi connectivity index (χ1) is 13.7. The number of hydrogen-bond acceptors (Lipinski definition) is 3. The number of H-pyrrole nitrogens is 2. The first-order valence-electron chi connectivity index (χ1n) is 9.78. The molecule has 0 aliphatic carbocycles. The van der Waals surface area contributed by atoms with E-state index in [1.807, 2.05) is 4.90 Å². The summed E-state index contributed by atoms with van der Waals surface area (Å²) in [6.45, 7) is 3.46. The lowest BCUT2D eigenvalue weighted by Crippen LogP contribution is -2.39. The zero-order valence-corrected chi connectivity index (χ0v) is 15.9. The van der Waals surface area contributed by atoms with Crippen molar-refractivity contribution >= 4 is 5.91 Å². The average molecular weight is 381 g/mol. The van der Waals surface area contributed by atoms with E-state index in [4.69, 9.17) is 0 Å². The Morgan fingerprint density at radius 2 is 2.00 bits per heavy atom. The fourth-order valence-corrected chi connectivity index (χ4v) is 3.97. The van der Waals surface area contributed by atoms with Gasteiger partial charge < -0.3 is 4.90 Å². The summed E-state index contributed by atoms with van der Waals surface area (Å²) < 4.78 is 13.3. The molecule has 2 N–H and O–H groups in total. The highest BCUT2D eigenvalue weighted by molar-refractivity contribution is 5.95. The number of nitrogens with zero attached hydrogens (tertiary/aromatic N) is 3. The molecule has 1 saturated heterocycles. The Hall–Kier alpha value is -2.96. The van der Waals surface area contributed by atoms with Crippen LogP contribution >= 0.6 is 0 Å². The third-order valence-corrected chi connectivity index (χ3v) is 5.39. The SMILES string of the molecule is CCCc1[nH]ncc1C(=O)N1CCC[C@@H](c2[nH]ncc2-c2ccc(F)cc2)C1. The molecule has 1 fully saturated rings. The lowest BCUT2D eigenvalue weighted by Gasteiger charge is -2.32. The molecule has 28 heavy (non-hydrogen) atoms. The van der Waals surface area contributed by atoms with E-state index in [-0.39, 0.29) is 17.6 Å². The van der Waals surface area contributed by atoms with Gasteiger partial charge in [-0.15, -0.1) is 0 Å². The second-order valence-corrected chi connectivity index (χ2v) is 7.31. The van der Waals surface area contributed by atoms with Gasteiger partial charge in [-0.1, -0.05) is 25.5 Å². The molecule has 1 aliphatic heterocycles. The molecule has 146 valence electrons. The van der Waals surface area contributed by atoms with E-state index in [1.165, 1.54) is 12.1 Å². The quantitative estimate of drug-likeness (QED) is 0.703. The van der Waals surface area contributed by atoms with Crippen LogP contribution in [-0.4, -0.2) is 44.3 Å². The van der Waals surface area contributed by atoms with Crippen LogP contribution in [0.25, 0.3) is 11.1 Å². The standard InChI is InChI=1S/C21H24FN5O/c1-2-4-19-18(12-23-25-19)21(28)27-10-3-5-15(13-27)20-17(11-24-26-20)14-6-8-16(22)9-7-14/h6-9,11-12,15H,2-5,10,13H2,1H3,(H,23,25)(H,24,26)/t15-/m1/s1. The largest absolute Gasteiger partial charge is 0.338 e. The van der Waals surface area contributed by atoms with Crippen molar-refractivity contribution in [1.29, 1.82) is 0 Å². The molecule has 6 nitrogen and oxygen atoms in total. The van der Waals surface area contributed by atoms with E-state index in [0.717, 1.165) is 54.7 Å². The van der Waals surface area contributed by atoms with Crippen LogP contribution < -0.4 is 0 Å². The van der Waals surface area contributed by atoms with Gasteiger partial charge in [-0.2, -0.15) is 10.2 Å². The monoisotopic (exact) mass is 381 g/mol. The predicted molar refractivity (Wildman–Crippen MR) is 104 cm³/mol. The number of amides is 1. The van der Waals surface area contributed by atoms with Crippen LogP contribution in [0.1, 0.15) is 53.8 Å². The molecule has 4 rings (SSSR count). The van der Waals surface area contributed by atoms with Gasteiger partial charge in [0.1, 0.15) is 5.82 Å². The maximum Gasteiger partial charge on any atom is 0.257 e. The number of carbonyl (C=O) groups is 1. The van der Waals surface area contributed by atoms with Crippen LogP contribution in [0.2, 0.25) is 0 Å². The minimum absolute atomic E-state index is 0.0322. The molecular formula is C21H24FN5O. The minimum Gasteiger partial charge on any atom is -0.338 e. The molecule has 0 unspecified atom stereocenters. The van der Waals surface area contributed by atoms with Gasteiger partial charge in [0.05, 0.1) is 18.0 Å². The maximum absolute atomic E-state index is 13.3. The third kappa shape index (κ3) is 3.56. The van der Waals surface area contributed by atoms with Crippen molar-refractivity contribution in [2.24, 2.45) is 0 Å². The predicted octanol–water partition coefficient (Wildman–Crippen LogP) is 3.91. The van der Waals surface area contributed by atoms with Gasteiger partial charge in [0, 0.05) is 36.0 Å². The van der Waals surface area contributed by atoms with Crippen LogP contribution in [0.3, 0.4) is 0 Å². The lowest BCUT2D eigenvalue weighted by atomic mass is 9.90. The molecule has 0 radical (unpaired) electrons. The number of carbonyl (C=O) groups excluding carboxylic acids is 1. The molecule has 2 aromatic heterocycles. The molecule has 3 heterocycles. The van der Waals surface area contributed by atoms with Crippen molar-refractivity contribution in [3.63, 3.8) is 0 Å². The minimum atomic E-state index is -0.258. The highest BCUT2D eigenvalue weighted by Crippen LogP contribution is 2.33.